The highest BCUT2D eigenvalue weighted by molar-refractivity contribution is 7.89. The Morgan fingerprint density at radius 1 is 1.10 bits per heavy atom. The van der Waals surface area contributed by atoms with Crippen molar-refractivity contribution in [3.8, 4) is 0 Å². The minimum atomic E-state index is -3.67. The Morgan fingerprint density at radius 2 is 1.87 bits per heavy atom. The number of anilines is 2. The van der Waals surface area contributed by atoms with Crippen LogP contribution in [-0.4, -0.2) is 58.0 Å². The standard InChI is InChI=1S/C22H27N3O4S/c1-3-24-9-8-17-6-7-19(15-20(17)24)23-22(26)18-5-4-16(2)21(14-18)30(27,28)25-10-12-29-13-11-25/h4-7,14-15H,3,8-13H2,1-2H3,(H,23,26). The molecule has 2 aliphatic rings. The highest BCUT2D eigenvalue weighted by Crippen LogP contribution is 2.31. The van der Waals surface area contributed by atoms with Crippen LogP contribution in [-0.2, 0) is 21.2 Å². The molecular formula is C22H27N3O4S. The molecule has 0 spiro atoms. The number of amides is 1. The van der Waals surface area contributed by atoms with Gasteiger partial charge in [0.05, 0.1) is 18.1 Å². The number of rotatable bonds is 5. The monoisotopic (exact) mass is 429 g/mol. The predicted octanol–water partition coefficient (Wildman–Crippen LogP) is 2.65. The number of ether oxygens (including phenoxy) is 1. The molecule has 2 aromatic carbocycles. The maximum atomic E-state index is 13.1. The van der Waals surface area contributed by atoms with Gasteiger partial charge in [0.15, 0.2) is 0 Å². The number of nitrogens with one attached hydrogen (secondary N) is 1. The Balaban J connectivity index is 1.58. The first-order valence-corrected chi connectivity index (χ1v) is 11.7. The van der Waals surface area contributed by atoms with Crippen molar-refractivity contribution in [2.75, 3.05) is 49.6 Å². The van der Waals surface area contributed by atoms with Gasteiger partial charge in [-0.15, -0.1) is 0 Å². The molecule has 0 unspecified atom stereocenters. The molecule has 0 saturated carbocycles. The zero-order valence-electron chi connectivity index (χ0n) is 17.3. The molecule has 1 saturated heterocycles. The lowest BCUT2D eigenvalue weighted by molar-refractivity contribution is 0.0730. The highest BCUT2D eigenvalue weighted by atomic mass is 32.2. The normalized spacial score (nSPS) is 17.1. The van der Waals surface area contributed by atoms with Gasteiger partial charge in [0.1, 0.15) is 0 Å². The SMILES string of the molecule is CCN1CCc2ccc(NC(=O)c3ccc(C)c(S(=O)(=O)N4CCOCC4)c3)cc21. The summed E-state index contributed by atoms with van der Waals surface area (Å²) in [5.74, 6) is -0.325. The second kappa shape index (κ2) is 8.37. The maximum Gasteiger partial charge on any atom is 0.255 e. The van der Waals surface area contributed by atoms with Crippen LogP contribution in [0.1, 0.15) is 28.4 Å². The Hall–Kier alpha value is -2.42. The van der Waals surface area contributed by atoms with E-state index in [-0.39, 0.29) is 10.8 Å². The first-order chi connectivity index (χ1) is 14.4. The van der Waals surface area contributed by atoms with Crippen LogP contribution in [0.25, 0.3) is 0 Å². The summed E-state index contributed by atoms with van der Waals surface area (Å²) >= 11 is 0. The topological polar surface area (TPSA) is 79.0 Å². The first kappa shape index (κ1) is 20.8. The van der Waals surface area contributed by atoms with Crippen LogP contribution in [0, 0.1) is 6.92 Å². The lowest BCUT2D eigenvalue weighted by atomic mass is 10.1. The van der Waals surface area contributed by atoms with Crippen molar-refractivity contribution >= 4 is 27.3 Å². The molecule has 4 rings (SSSR count). The number of fused-ring (bicyclic) bond motifs is 1. The van der Waals surface area contributed by atoms with Gasteiger partial charge in [0, 0.05) is 43.1 Å². The number of morpholine rings is 1. The van der Waals surface area contributed by atoms with E-state index < -0.39 is 10.0 Å². The van der Waals surface area contributed by atoms with Crippen molar-refractivity contribution in [3.63, 3.8) is 0 Å². The van der Waals surface area contributed by atoms with Crippen molar-refractivity contribution < 1.29 is 17.9 Å². The van der Waals surface area contributed by atoms with Gasteiger partial charge >= 0.3 is 0 Å². The molecule has 1 N–H and O–H groups in total. The number of hydrogen-bond acceptors (Lipinski definition) is 5. The average Bonchev–Trinajstić information content (AvgIpc) is 3.17. The molecule has 8 heteroatoms. The zero-order valence-corrected chi connectivity index (χ0v) is 18.2. The van der Waals surface area contributed by atoms with Gasteiger partial charge < -0.3 is 15.0 Å². The van der Waals surface area contributed by atoms with E-state index in [2.05, 4.69) is 17.1 Å². The van der Waals surface area contributed by atoms with Crippen LogP contribution in [0.15, 0.2) is 41.3 Å². The van der Waals surface area contributed by atoms with Crippen molar-refractivity contribution in [2.24, 2.45) is 0 Å². The number of aryl methyl sites for hydroxylation is 1. The fraction of sp³-hybridized carbons (Fsp3) is 0.409. The molecule has 0 radical (unpaired) electrons. The molecule has 0 bridgehead atoms. The Labute approximate surface area is 177 Å². The first-order valence-electron chi connectivity index (χ1n) is 10.3. The molecule has 0 atom stereocenters. The lowest BCUT2D eigenvalue weighted by Gasteiger charge is -2.26. The maximum absolute atomic E-state index is 13.1. The summed E-state index contributed by atoms with van der Waals surface area (Å²) in [5, 5.41) is 2.92. The van der Waals surface area contributed by atoms with Gasteiger partial charge in [-0.25, -0.2) is 8.42 Å². The number of hydrogen-bond donors (Lipinski definition) is 1. The van der Waals surface area contributed by atoms with Crippen LogP contribution in [0.5, 0.6) is 0 Å². The molecule has 2 heterocycles. The Kier molecular flexibility index (Phi) is 5.81. The lowest BCUT2D eigenvalue weighted by Crippen LogP contribution is -2.40. The van der Waals surface area contributed by atoms with E-state index >= 15 is 0 Å². The predicted molar refractivity (Wildman–Crippen MR) is 117 cm³/mol. The van der Waals surface area contributed by atoms with Gasteiger partial charge in [-0.3, -0.25) is 4.79 Å². The largest absolute Gasteiger partial charge is 0.379 e. The van der Waals surface area contributed by atoms with Crippen molar-refractivity contribution in [3.05, 3.63) is 53.1 Å². The van der Waals surface area contributed by atoms with E-state index in [9.17, 15) is 13.2 Å². The molecule has 1 fully saturated rings. The van der Waals surface area contributed by atoms with Gasteiger partial charge in [0.2, 0.25) is 10.0 Å². The van der Waals surface area contributed by atoms with Gasteiger partial charge in [-0.2, -0.15) is 4.31 Å². The van der Waals surface area contributed by atoms with E-state index in [1.165, 1.54) is 15.9 Å². The van der Waals surface area contributed by atoms with Gasteiger partial charge in [-0.1, -0.05) is 12.1 Å². The second-order valence-corrected chi connectivity index (χ2v) is 9.53. The molecule has 0 aromatic heterocycles. The zero-order chi connectivity index (χ0) is 21.3. The molecule has 0 aliphatic carbocycles. The Morgan fingerprint density at radius 3 is 2.60 bits per heavy atom. The number of benzene rings is 2. The molecule has 2 aromatic rings. The third-order valence-electron chi connectivity index (χ3n) is 5.75. The number of carbonyl (C=O) groups excluding carboxylic acids is 1. The van der Waals surface area contributed by atoms with E-state index in [0.717, 1.165) is 25.2 Å². The molecule has 30 heavy (non-hydrogen) atoms. The molecule has 7 nitrogen and oxygen atoms in total. The number of carbonyl (C=O) groups is 1. The van der Waals surface area contributed by atoms with Crippen molar-refractivity contribution in [2.45, 2.75) is 25.2 Å². The summed E-state index contributed by atoms with van der Waals surface area (Å²) in [6, 6.07) is 10.8. The van der Waals surface area contributed by atoms with Crippen molar-refractivity contribution in [1.29, 1.82) is 0 Å². The van der Waals surface area contributed by atoms with Crippen LogP contribution < -0.4 is 10.2 Å². The smallest absolute Gasteiger partial charge is 0.255 e. The van der Waals surface area contributed by atoms with E-state index in [1.54, 1.807) is 19.1 Å². The van der Waals surface area contributed by atoms with Crippen molar-refractivity contribution in [1.82, 2.24) is 4.31 Å². The summed E-state index contributed by atoms with van der Waals surface area (Å²) in [5.41, 5.74) is 4.07. The second-order valence-electron chi connectivity index (χ2n) is 7.62. The van der Waals surface area contributed by atoms with Crippen LogP contribution in [0.3, 0.4) is 0 Å². The number of sulfonamides is 1. The van der Waals surface area contributed by atoms with Gasteiger partial charge in [-0.05, 0) is 55.7 Å². The average molecular weight is 430 g/mol. The number of likely N-dealkylation sites (N-methyl/N-ethyl adjacent to an activating group) is 1. The van der Waals surface area contributed by atoms with Crippen LogP contribution in [0.2, 0.25) is 0 Å². The summed E-state index contributed by atoms with van der Waals surface area (Å²) < 4.78 is 32.8. The molecule has 1 amide bonds. The summed E-state index contributed by atoms with van der Waals surface area (Å²) in [7, 11) is -3.67. The summed E-state index contributed by atoms with van der Waals surface area (Å²) in [6.45, 7) is 7.17. The molecule has 2 aliphatic heterocycles. The van der Waals surface area contributed by atoms with Crippen LogP contribution >= 0.6 is 0 Å². The Bertz CT molecular complexity index is 1060. The summed E-state index contributed by atoms with van der Waals surface area (Å²) in [4.78, 5) is 15.3. The van der Waals surface area contributed by atoms with E-state index in [4.69, 9.17) is 4.74 Å². The third kappa shape index (κ3) is 3.95. The third-order valence-corrected chi connectivity index (χ3v) is 7.80. The fourth-order valence-corrected chi connectivity index (χ4v) is 5.66. The molecule has 160 valence electrons. The number of nitrogens with zero attached hydrogens (tertiary/aromatic N) is 2. The summed E-state index contributed by atoms with van der Waals surface area (Å²) in [6.07, 6.45) is 1.01. The van der Waals surface area contributed by atoms with E-state index in [1.807, 2.05) is 18.2 Å². The quantitative estimate of drug-likeness (QED) is 0.791. The van der Waals surface area contributed by atoms with Gasteiger partial charge in [0.25, 0.3) is 5.91 Å². The fourth-order valence-electron chi connectivity index (χ4n) is 4.00. The van der Waals surface area contributed by atoms with Crippen LogP contribution in [0.4, 0.5) is 11.4 Å². The minimum absolute atomic E-state index is 0.170. The molecular weight excluding hydrogens is 402 g/mol. The van der Waals surface area contributed by atoms with E-state index in [0.29, 0.717) is 43.1 Å². The highest BCUT2D eigenvalue weighted by Gasteiger charge is 2.28. The minimum Gasteiger partial charge on any atom is -0.379 e.